The second kappa shape index (κ2) is 7.42. The van der Waals surface area contributed by atoms with Gasteiger partial charge in [-0.3, -0.25) is 14.9 Å². The molecule has 0 fully saturated rings. The third-order valence-electron chi connectivity index (χ3n) is 2.08. The molecule has 0 aromatic heterocycles. The van der Waals surface area contributed by atoms with Gasteiger partial charge < -0.3 is 9.84 Å². The Bertz CT molecular complexity index is 472. The van der Waals surface area contributed by atoms with Gasteiger partial charge in [-0.2, -0.15) is 0 Å². The molecule has 0 spiro atoms. The smallest absolute Gasteiger partial charge is 0.413 e. The highest BCUT2D eigenvalue weighted by Crippen LogP contribution is 2.18. The number of imide groups is 1. The number of hydrogen-bond acceptors (Lipinski definition) is 5. The van der Waals surface area contributed by atoms with Crippen LogP contribution in [-0.4, -0.2) is 35.9 Å². The van der Waals surface area contributed by atoms with Gasteiger partial charge in [0, 0.05) is 4.90 Å². The van der Waals surface area contributed by atoms with E-state index in [2.05, 4.69) is 4.74 Å². The van der Waals surface area contributed by atoms with E-state index in [-0.39, 0.29) is 12.2 Å². The minimum atomic E-state index is -0.891. The second-order valence-corrected chi connectivity index (χ2v) is 4.59. The Balaban J connectivity index is 2.43. The van der Waals surface area contributed by atoms with Gasteiger partial charge in [0.2, 0.25) is 5.91 Å². The van der Waals surface area contributed by atoms with Gasteiger partial charge >= 0.3 is 12.1 Å². The van der Waals surface area contributed by atoms with E-state index >= 15 is 0 Å². The zero-order valence-corrected chi connectivity index (χ0v) is 11.0. The zero-order valence-electron chi connectivity index (χ0n) is 10.2. The normalized spacial score (nSPS) is 9.74. The van der Waals surface area contributed by atoms with E-state index in [4.69, 9.17) is 5.11 Å². The molecule has 0 aliphatic heterocycles. The van der Waals surface area contributed by atoms with Crippen molar-refractivity contribution in [3.8, 4) is 0 Å². The largest absolute Gasteiger partial charge is 0.481 e. The molecular weight excluding hydrogens is 270 g/mol. The molecule has 0 unspecified atom stereocenters. The summed E-state index contributed by atoms with van der Waals surface area (Å²) < 4.78 is 4.29. The molecule has 0 aliphatic carbocycles. The highest BCUT2D eigenvalue weighted by Gasteiger charge is 2.08. The first-order chi connectivity index (χ1) is 9.01. The van der Waals surface area contributed by atoms with Crippen molar-refractivity contribution in [3.05, 3.63) is 29.8 Å². The average molecular weight is 283 g/mol. The molecule has 1 aromatic rings. The number of nitrogens with one attached hydrogen (secondary N) is 1. The van der Waals surface area contributed by atoms with Crippen LogP contribution in [0, 0.1) is 0 Å². The number of carbonyl (C=O) groups excluding carboxylic acids is 2. The van der Waals surface area contributed by atoms with Crippen LogP contribution in [0.25, 0.3) is 0 Å². The van der Waals surface area contributed by atoms with Crippen molar-refractivity contribution in [2.24, 2.45) is 0 Å². The van der Waals surface area contributed by atoms with Gasteiger partial charge in [-0.25, -0.2) is 4.79 Å². The summed E-state index contributed by atoms with van der Waals surface area (Å²) in [5.74, 6) is -1.27. The van der Waals surface area contributed by atoms with E-state index in [0.717, 1.165) is 4.90 Å². The summed E-state index contributed by atoms with van der Waals surface area (Å²) in [4.78, 5) is 33.4. The van der Waals surface area contributed by atoms with E-state index < -0.39 is 18.0 Å². The number of amides is 2. The molecule has 1 rings (SSSR count). The van der Waals surface area contributed by atoms with Gasteiger partial charge in [0.1, 0.15) is 0 Å². The molecule has 0 heterocycles. The molecular formula is C12H13NO5S. The predicted octanol–water partition coefficient (Wildman–Crippen LogP) is 1.29. The van der Waals surface area contributed by atoms with Crippen molar-refractivity contribution in [1.82, 2.24) is 5.32 Å². The van der Waals surface area contributed by atoms with E-state index in [1.165, 1.54) is 18.9 Å². The zero-order chi connectivity index (χ0) is 14.3. The number of carboxylic acid groups (broad SMARTS) is 1. The highest BCUT2D eigenvalue weighted by molar-refractivity contribution is 8.00. The summed E-state index contributed by atoms with van der Waals surface area (Å²) in [6, 6.07) is 6.84. The molecule has 6 nitrogen and oxygen atoms in total. The molecule has 0 aliphatic rings. The second-order valence-electron chi connectivity index (χ2n) is 3.54. The van der Waals surface area contributed by atoms with Gasteiger partial charge in [0.05, 0.1) is 19.3 Å². The van der Waals surface area contributed by atoms with Crippen LogP contribution in [0.5, 0.6) is 0 Å². The topological polar surface area (TPSA) is 92.7 Å². The molecule has 19 heavy (non-hydrogen) atoms. The van der Waals surface area contributed by atoms with Crippen molar-refractivity contribution in [1.29, 1.82) is 0 Å². The minimum Gasteiger partial charge on any atom is -0.481 e. The lowest BCUT2D eigenvalue weighted by Crippen LogP contribution is -2.31. The number of ether oxygens (including phenoxy) is 1. The number of hydrogen-bond donors (Lipinski definition) is 2. The van der Waals surface area contributed by atoms with Crippen LogP contribution >= 0.6 is 11.8 Å². The summed E-state index contributed by atoms with van der Waals surface area (Å²) in [6.07, 6.45) is -0.823. The molecule has 0 radical (unpaired) electrons. The minimum absolute atomic E-state index is 0.0340. The van der Waals surface area contributed by atoms with Crippen molar-refractivity contribution in [2.45, 2.75) is 11.3 Å². The number of alkyl carbamates (subject to hydrolysis) is 1. The molecule has 2 N–H and O–H groups in total. The Morgan fingerprint density at radius 3 is 2.42 bits per heavy atom. The van der Waals surface area contributed by atoms with E-state index in [9.17, 15) is 14.4 Å². The van der Waals surface area contributed by atoms with Crippen LogP contribution in [-0.2, 0) is 20.7 Å². The van der Waals surface area contributed by atoms with E-state index in [1.54, 1.807) is 24.3 Å². The van der Waals surface area contributed by atoms with Gasteiger partial charge in [0.25, 0.3) is 0 Å². The first-order valence-corrected chi connectivity index (χ1v) is 6.31. The molecule has 0 saturated carbocycles. The Hall–Kier alpha value is -2.02. The molecule has 7 heteroatoms. The summed E-state index contributed by atoms with van der Waals surface area (Å²) >= 11 is 1.24. The van der Waals surface area contributed by atoms with Gasteiger partial charge in [-0.05, 0) is 17.7 Å². The van der Waals surface area contributed by atoms with Crippen LogP contribution in [0.3, 0.4) is 0 Å². The summed E-state index contributed by atoms with van der Waals surface area (Å²) in [5, 5.41) is 10.7. The highest BCUT2D eigenvalue weighted by atomic mass is 32.2. The molecule has 0 bridgehead atoms. The summed E-state index contributed by atoms with van der Waals surface area (Å²) in [6.45, 7) is 0. The Morgan fingerprint density at radius 1 is 1.26 bits per heavy atom. The van der Waals surface area contributed by atoms with Crippen LogP contribution < -0.4 is 5.32 Å². The number of aliphatic carboxylic acids is 1. The molecule has 2 amide bonds. The Kier molecular flexibility index (Phi) is 5.87. The van der Waals surface area contributed by atoms with Crippen molar-refractivity contribution in [3.63, 3.8) is 0 Å². The van der Waals surface area contributed by atoms with E-state index in [0.29, 0.717) is 5.56 Å². The van der Waals surface area contributed by atoms with Gasteiger partial charge in [0.15, 0.2) is 0 Å². The molecule has 1 aromatic carbocycles. The molecule has 0 atom stereocenters. The fourth-order valence-corrected chi connectivity index (χ4v) is 1.93. The van der Waals surface area contributed by atoms with Crippen molar-refractivity contribution >= 4 is 29.7 Å². The third kappa shape index (κ3) is 5.91. The lowest BCUT2D eigenvalue weighted by molar-refractivity contribution is -0.136. The van der Waals surface area contributed by atoms with Crippen LogP contribution in [0.2, 0.25) is 0 Å². The fourth-order valence-electron chi connectivity index (χ4n) is 1.23. The molecule has 102 valence electrons. The van der Waals surface area contributed by atoms with E-state index in [1.807, 2.05) is 5.32 Å². The SMILES string of the molecule is COC(=O)NC(=O)CSc1ccc(CC(=O)O)cc1. The maximum Gasteiger partial charge on any atom is 0.413 e. The maximum atomic E-state index is 11.3. The fraction of sp³-hybridized carbons (Fsp3) is 0.250. The first kappa shape index (κ1) is 15.0. The van der Waals surface area contributed by atoms with Gasteiger partial charge in [-0.15, -0.1) is 11.8 Å². The number of benzene rings is 1. The Labute approximate surface area is 114 Å². The van der Waals surface area contributed by atoms with Crippen molar-refractivity contribution in [2.75, 3.05) is 12.9 Å². The van der Waals surface area contributed by atoms with Crippen LogP contribution in [0.15, 0.2) is 29.2 Å². The number of carbonyl (C=O) groups is 3. The van der Waals surface area contributed by atoms with Crippen molar-refractivity contribution < 1.29 is 24.2 Å². The first-order valence-electron chi connectivity index (χ1n) is 5.32. The Morgan fingerprint density at radius 2 is 1.89 bits per heavy atom. The quantitative estimate of drug-likeness (QED) is 0.791. The predicted molar refractivity (Wildman–Crippen MR) is 69.1 cm³/mol. The van der Waals surface area contributed by atoms with Crippen LogP contribution in [0.1, 0.15) is 5.56 Å². The number of methoxy groups -OCH3 is 1. The third-order valence-corrected chi connectivity index (χ3v) is 3.09. The monoisotopic (exact) mass is 283 g/mol. The number of rotatable bonds is 5. The van der Waals surface area contributed by atoms with Gasteiger partial charge in [-0.1, -0.05) is 12.1 Å². The number of carboxylic acids is 1. The van der Waals surface area contributed by atoms with Crippen LogP contribution in [0.4, 0.5) is 4.79 Å². The lowest BCUT2D eigenvalue weighted by Gasteiger charge is -2.03. The lowest BCUT2D eigenvalue weighted by atomic mass is 10.2. The number of thioether (sulfide) groups is 1. The average Bonchev–Trinajstić information content (AvgIpc) is 2.37. The summed E-state index contributed by atoms with van der Waals surface area (Å²) in [5.41, 5.74) is 0.691. The maximum absolute atomic E-state index is 11.3. The summed E-state index contributed by atoms with van der Waals surface area (Å²) in [7, 11) is 1.18. The standard InChI is InChI=1S/C12H13NO5S/c1-18-12(17)13-10(14)7-19-9-4-2-8(3-5-9)6-11(15)16/h2-5H,6-7H2,1H3,(H,15,16)(H,13,14,17). The molecule has 0 saturated heterocycles.